The third-order valence-corrected chi connectivity index (χ3v) is 3.79. The van der Waals surface area contributed by atoms with Crippen molar-refractivity contribution in [1.82, 2.24) is 0 Å². The van der Waals surface area contributed by atoms with Crippen molar-refractivity contribution in [2.75, 3.05) is 13.7 Å². The van der Waals surface area contributed by atoms with Crippen molar-refractivity contribution in [3.63, 3.8) is 0 Å². The van der Waals surface area contributed by atoms with E-state index in [0.29, 0.717) is 22.9 Å². The summed E-state index contributed by atoms with van der Waals surface area (Å²) in [6.07, 6.45) is 1.12. The number of ether oxygens (including phenoxy) is 2. The number of ketones is 1. The Kier molecular flexibility index (Phi) is 3.84. The quantitative estimate of drug-likeness (QED) is 0.808. The number of halogens is 1. The van der Waals surface area contributed by atoms with E-state index in [4.69, 9.17) is 21.1 Å². The zero-order valence-electron chi connectivity index (χ0n) is 11.7. The summed E-state index contributed by atoms with van der Waals surface area (Å²) in [5.74, 6) is 1.51. The van der Waals surface area contributed by atoms with E-state index in [2.05, 4.69) is 0 Å². The molecular formula is C17H15ClO3. The Balaban J connectivity index is 1.88. The highest BCUT2D eigenvalue weighted by Crippen LogP contribution is 2.33. The van der Waals surface area contributed by atoms with Crippen molar-refractivity contribution in [3.05, 3.63) is 58.1 Å². The van der Waals surface area contributed by atoms with Gasteiger partial charge in [0.25, 0.3) is 0 Å². The molecule has 1 aliphatic rings. The second-order valence-corrected chi connectivity index (χ2v) is 5.42. The second kappa shape index (κ2) is 5.78. The highest BCUT2D eigenvalue weighted by atomic mass is 35.5. The third kappa shape index (κ3) is 2.88. The number of benzene rings is 2. The molecule has 0 saturated carbocycles. The van der Waals surface area contributed by atoms with Crippen molar-refractivity contribution in [2.24, 2.45) is 0 Å². The SMILES string of the molecule is COc1cccc(C(=O)Cc2cc(Cl)cc3c2OCC3)c1. The van der Waals surface area contributed by atoms with Gasteiger partial charge in [-0.2, -0.15) is 0 Å². The normalized spacial score (nSPS) is 12.7. The molecule has 1 heterocycles. The van der Waals surface area contributed by atoms with Gasteiger partial charge in [-0.25, -0.2) is 0 Å². The van der Waals surface area contributed by atoms with Gasteiger partial charge in [0.15, 0.2) is 5.78 Å². The number of hydrogen-bond acceptors (Lipinski definition) is 3. The Morgan fingerprint density at radius 1 is 1.33 bits per heavy atom. The molecular weight excluding hydrogens is 288 g/mol. The summed E-state index contributed by atoms with van der Waals surface area (Å²) in [7, 11) is 1.58. The molecule has 21 heavy (non-hydrogen) atoms. The summed E-state index contributed by atoms with van der Waals surface area (Å²) in [4.78, 5) is 12.4. The van der Waals surface area contributed by atoms with Crippen LogP contribution >= 0.6 is 11.6 Å². The van der Waals surface area contributed by atoms with Crippen molar-refractivity contribution in [2.45, 2.75) is 12.8 Å². The minimum atomic E-state index is 0.0221. The molecule has 0 fully saturated rings. The van der Waals surface area contributed by atoms with Crippen LogP contribution in [0.25, 0.3) is 0 Å². The number of carbonyl (C=O) groups excluding carboxylic acids is 1. The van der Waals surface area contributed by atoms with Crippen molar-refractivity contribution in [1.29, 1.82) is 0 Å². The lowest BCUT2D eigenvalue weighted by molar-refractivity contribution is 0.0991. The van der Waals surface area contributed by atoms with Crippen LogP contribution in [-0.2, 0) is 12.8 Å². The first kappa shape index (κ1) is 14.0. The fourth-order valence-electron chi connectivity index (χ4n) is 2.55. The molecule has 2 aromatic rings. The molecule has 0 unspecified atom stereocenters. The highest BCUT2D eigenvalue weighted by Gasteiger charge is 2.20. The standard InChI is InChI=1S/C17H15ClO3/c1-20-15-4-2-3-11(9-15)16(19)10-13-8-14(18)7-12-5-6-21-17(12)13/h2-4,7-9H,5-6,10H2,1H3. The van der Waals surface area contributed by atoms with Crippen LogP contribution in [0.3, 0.4) is 0 Å². The fourth-order valence-corrected chi connectivity index (χ4v) is 2.81. The third-order valence-electron chi connectivity index (χ3n) is 3.57. The number of carbonyl (C=O) groups is 1. The minimum Gasteiger partial charge on any atom is -0.497 e. The maximum absolute atomic E-state index is 12.4. The van der Waals surface area contributed by atoms with Crippen molar-refractivity contribution >= 4 is 17.4 Å². The van der Waals surface area contributed by atoms with Gasteiger partial charge < -0.3 is 9.47 Å². The molecule has 2 aromatic carbocycles. The van der Waals surface area contributed by atoms with Gasteiger partial charge in [-0.1, -0.05) is 23.7 Å². The van der Waals surface area contributed by atoms with Gasteiger partial charge in [0.05, 0.1) is 13.7 Å². The zero-order chi connectivity index (χ0) is 14.8. The van der Waals surface area contributed by atoms with E-state index in [1.807, 2.05) is 24.3 Å². The van der Waals surface area contributed by atoms with Crippen LogP contribution in [-0.4, -0.2) is 19.5 Å². The number of rotatable bonds is 4. The van der Waals surface area contributed by atoms with E-state index in [9.17, 15) is 4.79 Å². The molecule has 0 amide bonds. The summed E-state index contributed by atoms with van der Waals surface area (Å²) < 4.78 is 10.8. The van der Waals surface area contributed by atoms with Crippen LogP contribution in [0, 0.1) is 0 Å². The summed E-state index contributed by atoms with van der Waals surface area (Å²) in [6.45, 7) is 0.649. The summed E-state index contributed by atoms with van der Waals surface area (Å²) in [5.41, 5.74) is 2.56. The van der Waals surface area contributed by atoms with Crippen LogP contribution in [0.2, 0.25) is 5.02 Å². The van der Waals surface area contributed by atoms with E-state index < -0.39 is 0 Å². The van der Waals surface area contributed by atoms with Gasteiger partial charge in [0.1, 0.15) is 11.5 Å². The van der Waals surface area contributed by atoms with Crippen LogP contribution in [0.4, 0.5) is 0 Å². The van der Waals surface area contributed by atoms with Crippen LogP contribution in [0.1, 0.15) is 21.5 Å². The van der Waals surface area contributed by atoms with Gasteiger partial charge in [-0.05, 0) is 29.8 Å². The molecule has 3 nitrogen and oxygen atoms in total. The average molecular weight is 303 g/mol. The lowest BCUT2D eigenvalue weighted by atomic mass is 10.00. The second-order valence-electron chi connectivity index (χ2n) is 4.98. The molecule has 0 aromatic heterocycles. The first-order valence-electron chi connectivity index (χ1n) is 6.79. The monoisotopic (exact) mass is 302 g/mol. The largest absolute Gasteiger partial charge is 0.497 e. The molecule has 0 aliphatic carbocycles. The Labute approximate surface area is 128 Å². The highest BCUT2D eigenvalue weighted by molar-refractivity contribution is 6.30. The molecule has 0 bridgehead atoms. The molecule has 108 valence electrons. The van der Waals surface area contributed by atoms with Gasteiger partial charge in [-0.3, -0.25) is 4.79 Å². The number of hydrogen-bond donors (Lipinski definition) is 0. The summed E-state index contributed by atoms with van der Waals surface area (Å²) in [5, 5.41) is 0.646. The maximum atomic E-state index is 12.4. The Hall–Kier alpha value is -2.00. The topological polar surface area (TPSA) is 35.5 Å². The molecule has 0 atom stereocenters. The van der Waals surface area contributed by atoms with E-state index in [-0.39, 0.29) is 12.2 Å². The van der Waals surface area contributed by atoms with Crippen LogP contribution in [0.5, 0.6) is 11.5 Å². The van der Waals surface area contributed by atoms with Crippen LogP contribution < -0.4 is 9.47 Å². The zero-order valence-corrected chi connectivity index (χ0v) is 12.4. The predicted octanol–water partition coefficient (Wildman–Crippen LogP) is 3.71. The number of Topliss-reactive ketones (excluding diaryl/α,β-unsaturated/α-hetero) is 1. The lowest BCUT2D eigenvalue weighted by Gasteiger charge is -2.09. The van der Waals surface area contributed by atoms with Crippen molar-refractivity contribution < 1.29 is 14.3 Å². The number of fused-ring (bicyclic) bond motifs is 1. The molecule has 3 rings (SSSR count). The van der Waals surface area contributed by atoms with Gasteiger partial charge in [-0.15, -0.1) is 0 Å². The van der Waals surface area contributed by atoms with Crippen molar-refractivity contribution in [3.8, 4) is 11.5 Å². The molecule has 0 spiro atoms. The first-order valence-corrected chi connectivity index (χ1v) is 7.16. The van der Waals surface area contributed by atoms with E-state index in [1.54, 1.807) is 19.2 Å². The first-order chi connectivity index (χ1) is 10.2. The molecule has 0 N–H and O–H groups in total. The van der Waals surface area contributed by atoms with Gasteiger partial charge in [0, 0.05) is 29.0 Å². The maximum Gasteiger partial charge on any atom is 0.167 e. The molecule has 4 heteroatoms. The number of methoxy groups -OCH3 is 1. The van der Waals surface area contributed by atoms with E-state index in [0.717, 1.165) is 23.3 Å². The average Bonchev–Trinajstić information content (AvgIpc) is 2.95. The van der Waals surface area contributed by atoms with Gasteiger partial charge in [0.2, 0.25) is 0 Å². The predicted molar refractivity (Wildman–Crippen MR) is 81.7 cm³/mol. The fraction of sp³-hybridized carbons (Fsp3) is 0.235. The minimum absolute atomic E-state index is 0.0221. The van der Waals surface area contributed by atoms with E-state index >= 15 is 0 Å². The Morgan fingerprint density at radius 3 is 3.00 bits per heavy atom. The Bertz CT molecular complexity index is 694. The Morgan fingerprint density at radius 2 is 2.19 bits per heavy atom. The summed E-state index contributed by atoms with van der Waals surface area (Å²) >= 11 is 6.12. The lowest BCUT2D eigenvalue weighted by Crippen LogP contribution is -2.05. The molecule has 1 aliphatic heterocycles. The van der Waals surface area contributed by atoms with E-state index in [1.165, 1.54) is 0 Å². The smallest absolute Gasteiger partial charge is 0.167 e. The molecule has 0 radical (unpaired) electrons. The van der Waals surface area contributed by atoms with Crippen LogP contribution in [0.15, 0.2) is 36.4 Å². The van der Waals surface area contributed by atoms with Gasteiger partial charge >= 0.3 is 0 Å². The molecule has 0 saturated heterocycles. The summed E-state index contributed by atoms with van der Waals surface area (Å²) in [6, 6.07) is 10.9.